The number of nitrogens with zero attached hydrogens (tertiary/aromatic N) is 1. The summed E-state index contributed by atoms with van der Waals surface area (Å²) in [6, 6.07) is 22.3. The summed E-state index contributed by atoms with van der Waals surface area (Å²) in [7, 11) is 0. The lowest BCUT2D eigenvalue weighted by atomic mass is 10.1. The minimum atomic E-state index is -0.876. The molecule has 148 valence electrons. The van der Waals surface area contributed by atoms with Crippen LogP contribution in [0, 0.1) is 0 Å². The summed E-state index contributed by atoms with van der Waals surface area (Å²) in [5, 5.41) is 5.60. The van der Waals surface area contributed by atoms with Gasteiger partial charge in [-0.2, -0.15) is 0 Å². The quantitative estimate of drug-likeness (QED) is 0.485. The van der Waals surface area contributed by atoms with E-state index in [1.165, 1.54) is 0 Å². The minimum absolute atomic E-state index is 0.0883. The van der Waals surface area contributed by atoms with Crippen LogP contribution >= 0.6 is 0 Å². The zero-order valence-corrected chi connectivity index (χ0v) is 15.9. The second-order valence-corrected chi connectivity index (χ2v) is 7.03. The fourth-order valence-corrected chi connectivity index (χ4v) is 3.44. The van der Waals surface area contributed by atoms with Crippen LogP contribution in [-0.2, 0) is 9.59 Å². The van der Waals surface area contributed by atoms with E-state index >= 15 is 0 Å². The zero-order chi connectivity index (χ0) is 20.5. The van der Waals surface area contributed by atoms with Gasteiger partial charge < -0.3 is 20.4 Å². The Hall–Kier alpha value is -4.13. The van der Waals surface area contributed by atoms with Gasteiger partial charge in [0.2, 0.25) is 5.91 Å². The number of aromatic amines is 1. The standard InChI is InChI=1S/C23H18N4O3/c28-21(13-20-23(29)27-18-10-3-4-11-19(18)30-20)24-15-7-5-6-14(12-15)22-25-16-8-1-2-9-17(16)26-22/h1-12,20H,13H2,(H,24,28)(H,25,26)(H,27,29). The Morgan fingerprint density at radius 1 is 1.03 bits per heavy atom. The average molecular weight is 398 g/mol. The third kappa shape index (κ3) is 3.48. The van der Waals surface area contributed by atoms with Crippen molar-refractivity contribution in [1.29, 1.82) is 0 Å². The van der Waals surface area contributed by atoms with Crippen LogP contribution in [0.4, 0.5) is 11.4 Å². The first-order valence-electron chi connectivity index (χ1n) is 9.57. The molecule has 2 amide bonds. The number of aromatic nitrogens is 2. The van der Waals surface area contributed by atoms with E-state index in [1.54, 1.807) is 18.2 Å². The van der Waals surface area contributed by atoms with Crippen molar-refractivity contribution in [2.24, 2.45) is 0 Å². The third-order valence-electron chi connectivity index (χ3n) is 4.89. The fraction of sp³-hybridized carbons (Fsp3) is 0.0870. The van der Waals surface area contributed by atoms with Crippen molar-refractivity contribution in [2.45, 2.75) is 12.5 Å². The lowest BCUT2D eigenvalue weighted by Gasteiger charge is -2.25. The molecule has 1 atom stereocenters. The Kier molecular flexibility index (Phi) is 4.40. The Bertz CT molecular complexity index is 1230. The summed E-state index contributed by atoms with van der Waals surface area (Å²) in [5.74, 6) is 0.636. The molecular formula is C23H18N4O3. The summed E-state index contributed by atoms with van der Waals surface area (Å²) >= 11 is 0. The van der Waals surface area contributed by atoms with Gasteiger partial charge in [-0.15, -0.1) is 0 Å². The van der Waals surface area contributed by atoms with Gasteiger partial charge in [-0.05, 0) is 36.4 Å². The van der Waals surface area contributed by atoms with Crippen LogP contribution in [-0.4, -0.2) is 27.9 Å². The van der Waals surface area contributed by atoms with E-state index in [9.17, 15) is 9.59 Å². The van der Waals surface area contributed by atoms with Crippen molar-refractivity contribution in [3.63, 3.8) is 0 Å². The van der Waals surface area contributed by atoms with Gasteiger partial charge in [0, 0.05) is 11.3 Å². The normalized spacial score (nSPS) is 15.2. The van der Waals surface area contributed by atoms with Crippen molar-refractivity contribution in [1.82, 2.24) is 9.97 Å². The third-order valence-corrected chi connectivity index (χ3v) is 4.89. The summed E-state index contributed by atoms with van der Waals surface area (Å²) < 4.78 is 5.69. The lowest BCUT2D eigenvalue weighted by molar-refractivity contribution is -0.128. The SMILES string of the molecule is O=C(CC1Oc2ccccc2NC1=O)Nc1cccc(-c2nc3ccccc3[nH]2)c1. The Morgan fingerprint density at radius 3 is 2.77 bits per heavy atom. The molecule has 30 heavy (non-hydrogen) atoms. The molecule has 0 aliphatic carbocycles. The second kappa shape index (κ2) is 7.36. The number of anilines is 2. The molecule has 7 nitrogen and oxygen atoms in total. The molecule has 0 bridgehead atoms. The summed E-state index contributed by atoms with van der Waals surface area (Å²) in [6.45, 7) is 0. The van der Waals surface area contributed by atoms with Gasteiger partial charge in [0.1, 0.15) is 11.6 Å². The number of carbonyl (C=O) groups excluding carboxylic acids is 2. The number of hydrogen-bond acceptors (Lipinski definition) is 4. The topological polar surface area (TPSA) is 96.1 Å². The van der Waals surface area contributed by atoms with E-state index in [4.69, 9.17) is 4.74 Å². The number of hydrogen-bond donors (Lipinski definition) is 3. The van der Waals surface area contributed by atoms with Crippen molar-refractivity contribution in [2.75, 3.05) is 10.6 Å². The van der Waals surface area contributed by atoms with Crippen LogP contribution in [0.2, 0.25) is 0 Å². The molecular weight excluding hydrogens is 380 g/mol. The van der Waals surface area contributed by atoms with E-state index in [0.717, 1.165) is 22.4 Å². The van der Waals surface area contributed by atoms with Crippen LogP contribution < -0.4 is 15.4 Å². The number of H-pyrrole nitrogens is 1. The van der Waals surface area contributed by atoms with Gasteiger partial charge in [-0.3, -0.25) is 9.59 Å². The number of imidazole rings is 1. The predicted molar refractivity (Wildman–Crippen MR) is 114 cm³/mol. The van der Waals surface area contributed by atoms with Gasteiger partial charge in [0.05, 0.1) is 23.1 Å². The van der Waals surface area contributed by atoms with E-state index in [0.29, 0.717) is 17.1 Å². The van der Waals surface area contributed by atoms with Gasteiger partial charge >= 0.3 is 0 Å². The number of rotatable bonds is 4. The maximum absolute atomic E-state index is 12.5. The number of fused-ring (bicyclic) bond motifs is 2. The maximum atomic E-state index is 12.5. The summed E-state index contributed by atoms with van der Waals surface area (Å²) in [5.41, 5.74) is 3.90. The molecule has 1 aliphatic rings. The van der Waals surface area contributed by atoms with Gasteiger partial charge in [0.25, 0.3) is 5.91 Å². The van der Waals surface area contributed by atoms with Gasteiger partial charge in [-0.25, -0.2) is 4.98 Å². The molecule has 3 aromatic carbocycles. The molecule has 0 spiro atoms. The van der Waals surface area contributed by atoms with E-state index in [1.807, 2.05) is 54.6 Å². The fourth-order valence-electron chi connectivity index (χ4n) is 3.44. The number of carbonyl (C=O) groups is 2. The number of amides is 2. The van der Waals surface area contributed by atoms with E-state index in [-0.39, 0.29) is 18.2 Å². The highest BCUT2D eigenvalue weighted by Crippen LogP contribution is 2.30. The van der Waals surface area contributed by atoms with Crippen LogP contribution in [0.1, 0.15) is 6.42 Å². The smallest absolute Gasteiger partial charge is 0.266 e. The molecule has 0 saturated carbocycles. The first-order chi connectivity index (χ1) is 14.7. The molecule has 7 heteroatoms. The highest BCUT2D eigenvalue weighted by molar-refractivity contribution is 6.02. The molecule has 3 N–H and O–H groups in total. The first-order valence-corrected chi connectivity index (χ1v) is 9.57. The molecule has 4 aromatic rings. The predicted octanol–water partition coefficient (Wildman–Crippen LogP) is 3.96. The number of benzene rings is 3. The summed E-state index contributed by atoms with van der Waals surface area (Å²) in [4.78, 5) is 32.6. The second-order valence-electron chi connectivity index (χ2n) is 7.03. The Labute approximate surface area is 172 Å². The highest BCUT2D eigenvalue weighted by Gasteiger charge is 2.29. The molecule has 1 unspecified atom stereocenters. The largest absolute Gasteiger partial charge is 0.478 e. The molecule has 1 aliphatic heterocycles. The van der Waals surface area contributed by atoms with E-state index in [2.05, 4.69) is 20.6 Å². The number of para-hydroxylation sites is 4. The minimum Gasteiger partial charge on any atom is -0.478 e. The van der Waals surface area contributed by atoms with Crippen LogP contribution in [0.25, 0.3) is 22.4 Å². The Morgan fingerprint density at radius 2 is 1.87 bits per heavy atom. The summed E-state index contributed by atoms with van der Waals surface area (Å²) in [6.07, 6.45) is -0.965. The molecule has 2 heterocycles. The first kappa shape index (κ1) is 17.9. The molecule has 0 radical (unpaired) electrons. The number of nitrogens with one attached hydrogen (secondary N) is 3. The molecule has 1 aromatic heterocycles. The van der Waals surface area contributed by atoms with Crippen LogP contribution in [0.15, 0.2) is 72.8 Å². The van der Waals surface area contributed by atoms with Crippen molar-refractivity contribution < 1.29 is 14.3 Å². The van der Waals surface area contributed by atoms with Gasteiger partial charge in [0.15, 0.2) is 6.10 Å². The lowest BCUT2D eigenvalue weighted by Crippen LogP contribution is -2.39. The monoisotopic (exact) mass is 398 g/mol. The molecule has 0 fully saturated rings. The van der Waals surface area contributed by atoms with Crippen molar-refractivity contribution in [3.8, 4) is 17.1 Å². The number of ether oxygens (including phenoxy) is 1. The highest BCUT2D eigenvalue weighted by atomic mass is 16.5. The van der Waals surface area contributed by atoms with Crippen LogP contribution in [0.3, 0.4) is 0 Å². The maximum Gasteiger partial charge on any atom is 0.266 e. The zero-order valence-electron chi connectivity index (χ0n) is 15.9. The van der Waals surface area contributed by atoms with Crippen LogP contribution in [0.5, 0.6) is 5.75 Å². The van der Waals surface area contributed by atoms with E-state index < -0.39 is 6.10 Å². The Balaban J connectivity index is 1.30. The van der Waals surface area contributed by atoms with Crippen molar-refractivity contribution in [3.05, 3.63) is 72.8 Å². The van der Waals surface area contributed by atoms with Crippen molar-refractivity contribution >= 4 is 34.2 Å². The molecule has 5 rings (SSSR count). The average Bonchev–Trinajstić information content (AvgIpc) is 3.19. The molecule has 0 saturated heterocycles. The van der Waals surface area contributed by atoms with Gasteiger partial charge in [-0.1, -0.05) is 36.4 Å².